The first-order chi connectivity index (χ1) is 7.70. The van der Waals surface area contributed by atoms with Gasteiger partial charge in [0.05, 0.1) is 6.54 Å². The summed E-state index contributed by atoms with van der Waals surface area (Å²) in [7, 11) is 0. The van der Waals surface area contributed by atoms with E-state index in [-0.39, 0.29) is 17.4 Å². The third-order valence-electron chi connectivity index (χ3n) is 2.46. The molecule has 1 amide bonds. The summed E-state index contributed by atoms with van der Waals surface area (Å²) in [5, 5.41) is 10.8. The van der Waals surface area contributed by atoms with E-state index in [0.717, 1.165) is 0 Å². The van der Waals surface area contributed by atoms with Crippen molar-refractivity contribution in [3.8, 4) is 0 Å². The van der Waals surface area contributed by atoms with Gasteiger partial charge in [-0.25, -0.2) is 4.79 Å². The van der Waals surface area contributed by atoms with E-state index in [9.17, 15) is 14.9 Å². The van der Waals surface area contributed by atoms with Gasteiger partial charge in [0.1, 0.15) is 5.60 Å². The lowest BCUT2D eigenvalue weighted by molar-refractivity contribution is -0.529. The minimum absolute atomic E-state index is 0.0551. The third kappa shape index (κ3) is 3.72. The summed E-state index contributed by atoms with van der Waals surface area (Å²) < 4.78 is 5.15. The van der Waals surface area contributed by atoms with E-state index in [1.807, 2.05) is 0 Å². The SMILES string of the molecule is C[C@@H]1C=CN(C(=O)OC(C)(C)C)C[C@@H]1[N+](=O)[O-]. The van der Waals surface area contributed by atoms with Crippen molar-refractivity contribution in [2.24, 2.45) is 5.92 Å². The molecule has 6 heteroatoms. The van der Waals surface area contributed by atoms with Crippen molar-refractivity contribution in [3.05, 3.63) is 22.4 Å². The van der Waals surface area contributed by atoms with Crippen LogP contribution in [-0.2, 0) is 4.74 Å². The lowest BCUT2D eigenvalue weighted by Gasteiger charge is -2.29. The number of nitrogens with zero attached hydrogens (tertiary/aromatic N) is 2. The van der Waals surface area contributed by atoms with Crippen molar-refractivity contribution in [2.45, 2.75) is 39.3 Å². The Morgan fingerprint density at radius 2 is 2.12 bits per heavy atom. The Bertz CT molecular complexity index is 346. The first-order valence-electron chi connectivity index (χ1n) is 5.52. The van der Waals surface area contributed by atoms with Crippen molar-refractivity contribution in [1.29, 1.82) is 0 Å². The zero-order chi connectivity index (χ0) is 13.2. The molecule has 17 heavy (non-hydrogen) atoms. The average molecular weight is 242 g/mol. The van der Waals surface area contributed by atoms with Crippen molar-refractivity contribution in [3.63, 3.8) is 0 Å². The molecule has 0 saturated heterocycles. The maximum Gasteiger partial charge on any atom is 0.414 e. The highest BCUT2D eigenvalue weighted by atomic mass is 16.6. The second kappa shape index (κ2) is 4.73. The van der Waals surface area contributed by atoms with E-state index in [1.165, 1.54) is 4.90 Å². The molecule has 0 spiro atoms. The fourth-order valence-electron chi connectivity index (χ4n) is 1.51. The molecule has 1 rings (SSSR count). The molecular weight excluding hydrogens is 224 g/mol. The maximum atomic E-state index is 11.7. The van der Waals surface area contributed by atoms with E-state index in [0.29, 0.717) is 0 Å². The molecular formula is C11H18N2O4. The normalized spacial score (nSPS) is 24.6. The van der Waals surface area contributed by atoms with Crippen LogP contribution in [-0.4, -0.2) is 34.1 Å². The smallest absolute Gasteiger partial charge is 0.414 e. The lowest BCUT2D eigenvalue weighted by Crippen LogP contribution is -2.45. The molecule has 6 nitrogen and oxygen atoms in total. The van der Waals surface area contributed by atoms with Gasteiger partial charge in [0.15, 0.2) is 0 Å². The predicted molar refractivity (Wildman–Crippen MR) is 62.0 cm³/mol. The van der Waals surface area contributed by atoms with E-state index < -0.39 is 17.7 Å². The fraction of sp³-hybridized carbons (Fsp3) is 0.727. The number of hydrogen-bond donors (Lipinski definition) is 0. The zero-order valence-electron chi connectivity index (χ0n) is 10.5. The van der Waals surface area contributed by atoms with Gasteiger partial charge in [-0.05, 0) is 20.8 Å². The largest absolute Gasteiger partial charge is 0.443 e. The van der Waals surface area contributed by atoms with Crippen molar-refractivity contribution < 1.29 is 14.5 Å². The molecule has 96 valence electrons. The van der Waals surface area contributed by atoms with Crippen LogP contribution in [0.5, 0.6) is 0 Å². The van der Waals surface area contributed by atoms with Gasteiger partial charge >= 0.3 is 6.09 Å². The Kier molecular flexibility index (Phi) is 3.75. The van der Waals surface area contributed by atoms with Gasteiger partial charge in [0.2, 0.25) is 6.04 Å². The van der Waals surface area contributed by atoms with Crippen LogP contribution in [0, 0.1) is 16.0 Å². The Balaban J connectivity index is 2.71. The number of carbonyl (C=O) groups excluding carboxylic acids is 1. The van der Waals surface area contributed by atoms with Gasteiger partial charge < -0.3 is 4.74 Å². The summed E-state index contributed by atoms with van der Waals surface area (Å²) in [6.45, 7) is 7.08. The molecule has 0 bridgehead atoms. The summed E-state index contributed by atoms with van der Waals surface area (Å²) in [6.07, 6.45) is 2.66. The molecule has 0 unspecified atom stereocenters. The van der Waals surface area contributed by atoms with Gasteiger partial charge in [-0.1, -0.05) is 13.0 Å². The molecule has 0 aromatic heterocycles. The predicted octanol–water partition coefficient (Wildman–Crippen LogP) is 2.03. The Labute approximate surface area is 100 Å². The molecule has 0 fully saturated rings. The molecule has 1 aliphatic rings. The average Bonchev–Trinajstić information content (AvgIpc) is 2.14. The number of amides is 1. The summed E-state index contributed by atoms with van der Waals surface area (Å²) in [6, 6.07) is -0.771. The summed E-state index contributed by atoms with van der Waals surface area (Å²) in [5.74, 6) is -0.177. The van der Waals surface area contributed by atoms with E-state index >= 15 is 0 Å². The molecule has 0 aromatic rings. The highest BCUT2D eigenvalue weighted by Gasteiger charge is 2.34. The van der Waals surface area contributed by atoms with Gasteiger partial charge in [0, 0.05) is 17.0 Å². The van der Waals surface area contributed by atoms with Crippen molar-refractivity contribution in [2.75, 3.05) is 6.54 Å². The van der Waals surface area contributed by atoms with Gasteiger partial charge in [-0.3, -0.25) is 15.0 Å². The Morgan fingerprint density at radius 1 is 1.53 bits per heavy atom. The van der Waals surface area contributed by atoms with Gasteiger partial charge in [0.25, 0.3) is 0 Å². The van der Waals surface area contributed by atoms with E-state index in [2.05, 4.69) is 0 Å². The summed E-state index contributed by atoms with van der Waals surface area (Å²) in [4.78, 5) is 23.4. The van der Waals surface area contributed by atoms with Crippen LogP contribution in [0.25, 0.3) is 0 Å². The molecule has 0 saturated carbocycles. The quantitative estimate of drug-likeness (QED) is 0.521. The first kappa shape index (κ1) is 13.5. The topological polar surface area (TPSA) is 72.7 Å². The molecule has 2 atom stereocenters. The van der Waals surface area contributed by atoms with Crippen LogP contribution in [0.4, 0.5) is 4.79 Å². The van der Waals surface area contributed by atoms with Crippen LogP contribution < -0.4 is 0 Å². The second-order valence-corrected chi connectivity index (χ2v) is 5.19. The zero-order valence-corrected chi connectivity index (χ0v) is 10.5. The molecule has 0 N–H and O–H groups in total. The van der Waals surface area contributed by atoms with E-state index in [4.69, 9.17) is 4.74 Å². The van der Waals surface area contributed by atoms with Gasteiger partial charge in [-0.2, -0.15) is 0 Å². The van der Waals surface area contributed by atoms with Crippen LogP contribution in [0.3, 0.4) is 0 Å². The first-order valence-corrected chi connectivity index (χ1v) is 5.52. The van der Waals surface area contributed by atoms with Crippen molar-refractivity contribution in [1.82, 2.24) is 4.90 Å². The van der Waals surface area contributed by atoms with Crippen LogP contribution in [0.15, 0.2) is 12.3 Å². The number of hydrogen-bond acceptors (Lipinski definition) is 4. The second-order valence-electron chi connectivity index (χ2n) is 5.19. The molecule has 1 aliphatic heterocycles. The van der Waals surface area contributed by atoms with Crippen LogP contribution in [0.2, 0.25) is 0 Å². The monoisotopic (exact) mass is 242 g/mol. The maximum absolute atomic E-state index is 11.7. The third-order valence-corrected chi connectivity index (χ3v) is 2.46. The number of rotatable bonds is 1. The highest BCUT2D eigenvalue weighted by molar-refractivity contribution is 5.69. The summed E-state index contributed by atoms with van der Waals surface area (Å²) in [5.41, 5.74) is -0.599. The minimum Gasteiger partial charge on any atom is -0.443 e. The molecule has 0 aliphatic carbocycles. The van der Waals surface area contributed by atoms with Crippen LogP contribution >= 0.6 is 0 Å². The summed E-state index contributed by atoms with van der Waals surface area (Å²) >= 11 is 0. The Morgan fingerprint density at radius 3 is 2.59 bits per heavy atom. The number of ether oxygens (including phenoxy) is 1. The lowest BCUT2D eigenvalue weighted by atomic mass is 9.99. The highest BCUT2D eigenvalue weighted by Crippen LogP contribution is 2.19. The van der Waals surface area contributed by atoms with Crippen molar-refractivity contribution >= 4 is 6.09 Å². The molecule has 0 aromatic carbocycles. The fourth-order valence-corrected chi connectivity index (χ4v) is 1.51. The van der Waals surface area contributed by atoms with E-state index in [1.54, 1.807) is 40.0 Å². The molecule has 1 heterocycles. The molecule has 0 radical (unpaired) electrons. The number of nitro groups is 1. The standard InChI is InChI=1S/C11H18N2O4/c1-8-5-6-12(7-9(8)13(15)16)10(14)17-11(2,3)4/h5-6,8-9H,7H2,1-4H3/t8-,9+/m1/s1. The number of carbonyl (C=O) groups is 1. The van der Waals surface area contributed by atoms with Crippen LogP contribution in [0.1, 0.15) is 27.7 Å². The Hall–Kier alpha value is -1.59. The minimum atomic E-state index is -0.771. The van der Waals surface area contributed by atoms with Gasteiger partial charge in [-0.15, -0.1) is 0 Å².